The molecule has 0 radical (unpaired) electrons. The zero-order valence-electron chi connectivity index (χ0n) is 7.34. The van der Waals surface area contributed by atoms with Crippen molar-refractivity contribution in [2.45, 2.75) is 6.92 Å². The second-order valence-electron chi connectivity index (χ2n) is 2.10. The molecule has 0 aromatic rings. The molecular weight excluding hydrogens is 191 g/mol. The van der Waals surface area contributed by atoms with E-state index in [-0.39, 0.29) is 17.1 Å². The van der Waals surface area contributed by atoms with Crippen molar-refractivity contribution in [3.63, 3.8) is 0 Å². The molecule has 0 bridgehead atoms. The SMILES string of the molecule is C=C/C(C(=O)OCC)=C(/F)C(=C)S. The Bertz CT molecular complexity index is 269. The van der Waals surface area contributed by atoms with Gasteiger partial charge in [0.2, 0.25) is 0 Å². The quantitative estimate of drug-likeness (QED) is 0.328. The standard InChI is InChI=1S/C9H11FO2S/c1-4-7(8(10)6(3)13)9(11)12-5-2/h4,13H,1,3,5H2,2H3/b8-7-. The number of hydrogen-bond donors (Lipinski definition) is 1. The van der Waals surface area contributed by atoms with Gasteiger partial charge in [-0.3, -0.25) is 0 Å². The fraction of sp³-hybridized carbons (Fsp3) is 0.222. The lowest BCUT2D eigenvalue weighted by Gasteiger charge is -2.03. The summed E-state index contributed by atoms with van der Waals surface area (Å²) in [6, 6.07) is 0. The summed E-state index contributed by atoms with van der Waals surface area (Å²) in [6.07, 6.45) is 1.08. The topological polar surface area (TPSA) is 26.3 Å². The highest BCUT2D eigenvalue weighted by Crippen LogP contribution is 2.19. The zero-order chi connectivity index (χ0) is 10.4. The second-order valence-corrected chi connectivity index (χ2v) is 2.64. The number of rotatable bonds is 4. The van der Waals surface area contributed by atoms with Crippen molar-refractivity contribution in [1.82, 2.24) is 0 Å². The summed E-state index contributed by atoms with van der Waals surface area (Å²) in [4.78, 5) is 10.9. The number of ether oxygens (including phenoxy) is 1. The Labute approximate surface area is 82.2 Å². The molecule has 13 heavy (non-hydrogen) atoms. The van der Waals surface area contributed by atoms with E-state index in [4.69, 9.17) is 0 Å². The average Bonchev–Trinajstić information content (AvgIpc) is 2.05. The number of carbonyl (C=O) groups is 1. The van der Waals surface area contributed by atoms with E-state index >= 15 is 0 Å². The molecule has 0 aromatic carbocycles. The van der Waals surface area contributed by atoms with Crippen molar-refractivity contribution in [3.8, 4) is 0 Å². The molecule has 0 spiro atoms. The van der Waals surface area contributed by atoms with E-state index < -0.39 is 11.8 Å². The van der Waals surface area contributed by atoms with Gasteiger partial charge in [-0.2, -0.15) is 0 Å². The minimum absolute atomic E-state index is 0.122. The summed E-state index contributed by atoms with van der Waals surface area (Å²) in [5.41, 5.74) is -0.248. The van der Waals surface area contributed by atoms with E-state index in [0.29, 0.717) is 0 Å². The van der Waals surface area contributed by atoms with E-state index in [1.165, 1.54) is 0 Å². The van der Waals surface area contributed by atoms with Gasteiger partial charge >= 0.3 is 5.97 Å². The van der Waals surface area contributed by atoms with Crippen molar-refractivity contribution < 1.29 is 13.9 Å². The van der Waals surface area contributed by atoms with Gasteiger partial charge in [-0.1, -0.05) is 19.2 Å². The first-order valence-electron chi connectivity index (χ1n) is 3.62. The summed E-state index contributed by atoms with van der Waals surface area (Å²) in [5.74, 6) is -1.57. The maximum absolute atomic E-state index is 13.1. The van der Waals surface area contributed by atoms with Gasteiger partial charge in [-0.05, 0) is 6.92 Å². The highest BCUT2D eigenvalue weighted by Gasteiger charge is 2.14. The predicted molar refractivity (Wildman–Crippen MR) is 53.1 cm³/mol. The van der Waals surface area contributed by atoms with Crippen LogP contribution in [0.15, 0.2) is 35.5 Å². The van der Waals surface area contributed by atoms with E-state index in [2.05, 4.69) is 30.5 Å². The Balaban J connectivity index is 4.87. The molecule has 0 aliphatic heterocycles. The largest absolute Gasteiger partial charge is 0.462 e. The molecule has 4 heteroatoms. The van der Waals surface area contributed by atoms with Crippen LogP contribution in [0.5, 0.6) is 0 Å². The van der Waals surface area contributed by atoms with Crippen LogP contribution < -0.4 is 0 Å². The van der Waals surface area contributed by atoms with Crippen LogP contribution >= 0.6 is 12.6 Å². The first kappa shape index (κ1) is 12.0. The maximum atomic E-state index is 13.1. The van der Waals surface area contributed by atoms with Gasteiger partial charge in [0.05, 0.1) is 12.2 Å². The van der Waals surface area contributed by atoms with Gasteiger partial charge in [0.25, 0.3) is 0 Å². The van der Waals surface area contributed by atoms with Gasteiger partial charge in [0, 0.05) is 4.91 Å². The number of thiol groups is 1. The molecule has 0 heterocycles. The summed E-state index contributed by atoms with van der Waals surface area (Å²) in [5, 5.41) is 0. The van der Waals surface area contributed by atoms with Crippen LogP contribution in [0.3, 0.4) is 0 Å². The lowest BCUT2D eigenvalue weighted by atomic mass is 10.2. The normalized spacial score (nSPS) is 11.6. The number of esters is 1. The van der Waals surface area contributed by atoms with Crippen molar-refractivity contribution in [3.05, 3.63) is 35.5 Å². The minimum Gasteiger partial charge on any atom is -0.462 e. The molecule has 0 aliphatic carbocycles. The first-order valence-corrected chi connectivity index (χ1v) is 4.06. The Hall–Kier alpha value is -1.03. The minimum atomic E-state index is -0.809. The lowest BCUT2D eigenvalue weighted by Crippen LogP contribution is -2.07. The molecule has 0 saturated carbocycles. The number of allylic oxidation sites excluding steroid dienone is 1. The first-order chi connectivity index (χ1) is 6.04. The fourth-order valence-electron chi connectivity index (χ4n) is 0.627. The molecule has 0 aliphatic rings. The lowest BCUT2D eigenvalue weighted by molar-refractivity contribution is -0.138. The Morgan fingerprint density at radius 2 is 2.23 bits per heavy atom. The van der Waals surface area contributed by atoms with Gasteiger partial charge in [-0.25, -0.2) is 9.18 Å². The zero-order valence-corrected chi connectivity index (χ0v) is 8.23. The van der Waals surface area contributed by atoms with Gasteiger partial charge < -0.3 is 4.74 Å². The van der Waals surface area contributed by atoms with E-state index in [0.717, 1.165) is 6.08 Å². The molecule has 0 rings (SSSR count). The molecule has 0 unspecified atom stereocenters. The monoisotopic (exact) mass is 202 g/mol. The maximum Gasteiger partial charge on any atom is 0.341 e. The highest BCUT2D eigenvalue weighted by atomic mass is 32.1. The third-order valence-corrected chi connectivity index (χ3v) is 1.39. The van der Waals surface area contributed by atoms with Crippen LogP contribution in [0, 0.1) is 0 Å². The van der Waals surface area contributed by atoms with Gasteiger partial charge in [0.1, 0.15) is 5.83 Å². The molecule has 0 saturated heterocycles. The van der Waals surface area contributed by atoms with Crippen LogP contribution in [-0.2, 0) is 9.53 Å². The highest BCUT2D eigenvalue weighted by molar-refractivity contribution is 7.84. The molecule has 2 nitrogen and oxygen atoms in total. The van der Waals surface area contributed by atoms with Crippen molar-refractivity contribution >= 4 is 18.6 Å². The molecule has 0 amide bonds. The van der Waals surface area contributed by atoms with Gasteiger partial charge in [0.15, 0.2) is 0 Å². The number of halogens is 1. The van der Waals surface area contributed by atoms with Gasteiger partial charge in [-0.15, -0.1) is 12.6 Å². The van der Waals surface area contributed by atoms with Crippen molar-refractivity contribution in [2.75, 3.05) is 6.61 Å². The predicted octanol–water partition coefficient (Wildman–Crippen LogP) is 2.40. The smallest absolute Gasteiger partial charge is 0.341 e. The Morgan fingerprint density at radius 1 is 1.69 bits per heavy atom. The molecule has 0 fully saturated rings. The summed E-state index contributed by atoms with van der Waals surface area (Å²) >= 11 is 3.67. The molecule has 72 valence electrons. The van der Waals surface area contributed by atoms with E-state index in [1.54, 1.807) is 6.92 Å². The van der Waals surface area contributed by atoms with E-state index in [9.17, 15) is 9.18 Å². The van der Waals surface area contributed by atoms with Crippen LogP contribution in [0.25, 0.3) is 0 Å². The number of carbonyl (C=O) groups excluding carboxylic acids is 1. The van der Waals surface area contributed by atoms with Crippen LogP contribution in [0.1, 0.15) is 6.92 Å². The number of hydrogen-bond acceptors (Lipinski definition) is 3. The fourth-order valence-corrected chi connectivity index (χ4v) is 0.747. The summed E-state index contributed by atoms with van der Waals surface area (Å²) in [7, 11) is 0. The Morgan fingerprint density at radius 3 is 2.54 bits per heavy atom. The van der Waals surface area contributed by atoms with Crippen molar-refractivity contribution in [2.24, 2.45) is 0 Å². The second kappa shape index (κ2) is 5.59. The molecule has 0 atom stereocenters. The summed E-state index contributed by atoms with van der Waals surface area (Å²) in [6.45, 7) is 8.35. The van der Waals surface area contributed by atoms with Crippen molar-refractivity contribution in [1.29, 1.82) is 0 Å². The Kier molecular flexibility index (Phi) is 5.14. The average molecular weight is 202 g/mol. The molecular formula is C9H11FO2S. The third-order valence-electron chi connectivity index (χ3n) is 1.19. The summed E-state index contributed by atoms with van der Waals surface area (Å²) < 4.78 is 17.7. The van der Waals surface area contributed by atoms with Crippen LogP contribution in [0.4, 0.5) is 4.39 Å². The van der Waals surface area contributed by atoms with Crippen LogP contribution in [-0.4, -0.2) is 12.6 Å². The third kappa shape index (κ3) is 3.46. The molecule has 0 aromatic heterocycles. The van der Waals surface area contributed by atoms with Crippen LogP contribution in [0.2, 0.25) is 0 Å². The molecule has 0 N–H and O–H groups in total. The van der Waals surface area contributed by atoms with E-state index in [1.807, 2.05) is 0 Å².